The molecule has 0 aromatic heterocycles. The number of nitrogens with one attached hydrogen (secondary N) is 2. The predicted octanol–water partition coefficient (Wildman–Crippen LogP) is 3.95. The minimum atomic E-state index is 0. The third kappa shape index (κ3) is 9.84. The Balaban J connectivity index is 0.00000480. The lowest BCUT2D eigenvalue weighted by Gasteiger charge is -2.35. The number of rotatable bonds is 9. The lowest BCUT2D eigenvalue weighted by Crippen LogP contribution is -2.50. The minimum Gasteiger partial charge on any atom is -0.357 e. The summed E-state index contributed by atoms with van der Waals surface area (Å²) in [5, 5.41) is 7.07. The monoisotopic (exact) mass is 549 g/mol. The van der Waals surface area contributed by atoms with Crippen LogP contribution in [0.4, 0.5) is 0 Å². The van der Waals surface area contributed by atoms with Crippen molar-refractivity contribution in [2.75, 3.05) is 45.8 Å². The molecule has 1 atom stereocenters. The van der Waals surface area contributed by atoms with E-state index >= 15 is 0 Å². The Morgan fingerprint density at radius 1 is 1.06 bits per heavy atom. The van der Waals surface area contributed by atoms with Crippen LogP contribution in [0.25, 0.3) is 0 Å². The van der Waals surface area contributed by atoms with E-state index in [2.05, 4.69) is 55.1 Å². The van der Waals surface area contributed by atoms with Crippen LogP contribution in [-0.2, 0) is 4.79 Å². The normalized spacial score (nSPS) is 21.3. The van der Waals surface area contributed by atoms with E-state index in [0.29, 0.717) is 17.9 Å². The van der Waals surface area contributed by atoms with Crippen LogP contribution in [0.3, 0.4) is 0 Å². The molecule has 0 aliphatic carbocycles. The van der Waals surface area contributed by atoms with Crippen molar-refractivity contribution in [3.63, 3.8) is 0 Å². The molecule has 2 rings (SSSR count). The number of aliphatic imine (C=N–C) groups is 1. The zero-order chi connectivity index (χ0) is 21.9. The average molecular weight is 550 g/mol. The second-order valence-electron chi connectivity index (χ2n) is 9.64. The SMILES string of the molecule is CCNC(=NCC1CCCN(CC(C)C)C1)NC1CCN(C(=O)C(CC)CC)CC1.I. The minimum absolute atomic E-state index is 0. The molecule has 2 heterocycles. The van der Waals surface area contributed by atoms with Crippen molar-refractivity contribution in [1.29, 1.82) is 0 Å². The molecule has 1 amide bonds. The second-order valence-corrected chi connectivity index (χ2v) is 9.64. The fourth-order valence-corrected chi connectivity index (χ4v) is 4.86. The molecule has 0 spiro atoms. The summed E-state index contributed by atoms with van der Waals surface area (Å²) < 4.78 is 0. The van der Waals surface area contributed by atoms with Gasteiger partial charge in [0.1, 0.15) is 0 Å². The Morgan fingerprint density at radius 2 is 1.74 bits per heavy atom. The number of guanidine groups is 1. The van der Waals surface area contributed by atoms with Crippen LogP contribution in [0.2, 0.25) is 0 Å². The van der Waals surface area contributed by atoms with Crippen molar-refractivity contribution in [3.8, 4) is 0 Å². The third-order valence-electron chi connectivity index (χ3n) is 6.56. The van der Waals surface area contributed by atoms with Crippen LogP contribution in [0, 0.1) is 17.8 Å². The first kappa shape index (κ1) is 28.5. The first-order valence-electron chi connectivity index (χ1n) is 12.5. The van der Waals surface area contributed by atoms with Crippen molar-refractivity contribution in [3.05, 3.63) is 0 Å². The molecule has 2 aliphatic heterocycles. The summed E-state index contributed by atoms with van der Waals surface area (Å²) in [4.78, 5) is 22.3. The summed E-state index contributed by atoms with van der Waals surface area (Å²) in [5.41, 5.74) is 0. The van der Waals surface area contributed by atoms with Crippen LogP contribution in [0.15, 0.2) is 4.99 Å². The maximum Gasteiger partial charge on any atom is 0.225 e. The van der Waals surface area contributed by atoms with Gasteiger partial charge in [0.15, 0.2) is 5.96 Å². The summed E-state index contributed by atoms with van der Waals surface area (Å²) in [7, 11) is 0. The largest absolute Gasteiger partial charge is 0.357 e. The van der Waals surface area contributed by atoms with Gasteiger partial charge in [0.05, 0.1) is 0 Å². The molecule has 31 heavy (non-hydrogen) atoms. The highest BCUT2D eigenvalue weighted by Gasteiger charge is 2.27. The van der Waals surface area contributed by atoms with Crippen LogP contribution in [0.1, 0.15) is 73.1 Å². The van der Waals surface area contributed by atoms with Gasteiger partial charge in [-0.3, -0.25) is 9.79 Å². The van der Waals surface area contributed by atoms with Gasteiger partial charge in [-0.05, 0) is 63.8 Å². The molecule has 0 radical (unpaired) electrons. The molecule has 6 nitrogen and oxygen atoms in total. The van der Waals surface area contributed by atoms with E-state index in [-0.39, 0.29) is 29.9 Å². The average Bonchev–Trinajstić information content (AvgIpc) is 2.73. The Labute approximate surface area is 208 Å². The Kier molecular flexibility index (Phi) is 14.0. The van der Waals surface area contributed by atoms with Gasteiger partial charge in [0, 0.05) is 51.2 Å². The Bertz CT molecular complexity index is 530. The topological polar surface area (TPSA) is 60.0 Å². The van der Waals surface area contributed by atoms with E-state index in [0.717, 1.165) is 63.7 Å². The van der Waals surface area contributed by atoms with Gasteiger partial charge in [-0.25, -0.2) is 0 Å². The lowest BCUT2D eigenvalue weighted by molar-refractivity contribution is -0.136. The number of hydrogen-bond donors (Lipinski definition) is 2. The second kappa shape index (κ2) is 15.3. The number of carbonyl (C=O) groups is 1. The quantitative estimate of drug-likeness (QED) is 0.260. The Hall–Kier alpha value is -0.570. The highest BCUT2D eigenvalue weighted by atomic mass is 127. The molecule has 0 aromatic rings. The fraction of sp³-hybridized carbons (Fsp3) is 0.917. The predicted molar refractivity (Wildman–Crippen MR) is 142 cm³/mol. The molecular formula is C24H48IN5O. The third-order valence-corrected chi connectivity index (χ3v) is 6.56. The summed E-state index contributed by atoms with van der Waals surface area (Å²) >= 11 is 0. The van der Waals surface area contributed by atoms with Crippen LogP contribution in [-0.4, -0.2) is 73.5 Å². The first-order valence-corrected chi connectivity index (χ1v) is 12.5. The summed E-state index contributed by atoms with van der Waals surface area (Å²) in [6.45, 7) is 18.1. The van der Waals surface area contributed by atoms with E-state index < -0.39 is 0 Å². The van der Waals surface area contributed by atoms with Crippen molar-refractivity contribution in [2.24, 2.45) is 22.7 Å². The highest BCUT2D eigenvalue weighted by Crippen LogP contribution is 2.19. The zero-order valence-electron chi connectivity index (χ0n) is 20.7. The molecule has 7 heteroatoms. The maximum absolute atomic E-state index is 12.6. The van der Waals surface area contributed by atoms with E-state index in [4.69, 9.17) is 4.99 Å². The maximum atomic E-state index is 12.6. The number of hydrogen-bond acceptors (Lipinski definition) is 3. The van der Waals surface area contributed by atoms with Gasteiger partial charge in [-0.1, -0.05) is 27.7 Å². The van der Waals surface area contributed by atoms with Crippen LogP contribution >= 0.6 is 24.0 Å². The summed E-state index contributed by atoms with van der Waals surface area (Å²) in [6.07, 6.45) is 6.47. The van der Waals surface area contributed by atoms with Crippen molar-refractivity contribution in [1.82, 2.24) is 20.4 Å². The molecule has 0 aromatic carbocycles. The first-order chi connectivity index (χ1) is 14.5. The number of likely N-dealkylation sites (tertiary alicyclic amines) is 2. The zero-order valence-corrected chi connectivity index (χ0v) is 23.0. The molecule has 182 valence electrons. The van der Waals surface area contributed by atoms with Gasteiger partial charge in [-0.2, -0.15) is 0 Å². The molecule has 2 saturated heterocycles. The number of amides is 1. The molecule has 0 bridgehead atoms. The van der Waals surface area contributed by atoms with Crippen molar-refractivity contribution < 1.29 is 4.79 Å². The fourth-order valence-electron chi connectivity index (χ4n) is 4.86. The van der Waals surface area contributed by atoms with Gasteiger partial charge < -0.3 is 20.4 Å². The van der Waals surface area contributed by atoms with E-state index in [9.17, 15) is 4.79 Å². The molecule has 1 unspecified atom stereocenters. The van der Waals surface area contributed by atoms with Gasteiger partial charge in [0.2, 0.25) is 5.91 Å². The van der Waals surface area contributed by atoms with Gasteiger partial charge in [0.25, 0.3) is 0 Å². The number of carbonyl (C=O) groups excluding carboxylic acids is 1. The highest BCUT2D eigenvalue weighted by molar-refractivity contribution is 14.0. The number of piperidine rings is 2. The van der Waals surface area contributed by atoms with E-state index in [1.165, 1.54) is 32.5 Å². The smallest absolute Gasteiger partial charge is 0.225 e. The lowest BCUT2D eigenvalue weighted by atomic mass is 9.97. The van der Waals surface area contributed by atoms with E-state index in [1.807, 2.05) is 0 Å². The van der Waals surface area contributed by atoms with Crippen LogP contribution < -0.4 is 10.6 Å². The van der Waals surface area contributed by atoms with E-state index in [1.54, 1.807) is 0 Å². The summed E-state index contributed by atoms with van der Waals surface area (Å²) in [6, 6.07) is 0.400. The molecule has 0 saturated carbocycles. The Morgan fingerprint density at radius 3 is 2.32 bits per heavy atom. The number of nitrogens with zero attached hydrogens (tertiary/aromatic N) is 3. The standard InChI is InChI=1S/C24H47N5O.HI/c1-6-21(7-2)23(30)29-14-11-22(12-15-29)27-24(25-8-3)26-16-20-10-9-13-28(18-20)17-19(4)5;/h19-22H,6-18H2,1-5H3,(H2,25,26,27);1H. The summed E-state index contributed by atoms with van der Waals surface area (Å²) in [5.74, 6) is 2.88. The van der Waals surface area contributed by atoms with Crippen LogP contribution in [0.5, 0.6) is 0 Å². The molecule has 2 aliphatic rings. The molecule has 2 N–H and O–H groups in total. The van der Waals surface area contributed by atoms with Gasteiger partial charge in [-0.15, -0.1) is 24.0 Å². The van der Waals surface area contributed by atoms with Gasteiger partial charge >= 0.3 is 0 Å². The van der Waals surface area contributed by atoms with Crippen molar-refractivity contribution in [2.45, 2.75) is 79.2 Å². The molecular weight excluding hydrogens is 501 g/mol. The number of halogens is 1. The van der Waals surface area contributed by atoms with Crippen molar-refractivity contribution >= 4 is 35.8 Å². The molecule has 2 fully saturated rings.